The molecular weight excluding hydrogens is 464 g/mol. The average Bonchev–Trinajstić information content (AvgIpc) is 2.71. The second-order valence-electron chi connectivity index (χ2n) is 6.58. The highest BCUT2D eigenvalue weighted by molar-refractivity contribution is 5.95. The van der Waals surface area contributed by atoms with Crippen molar-refractivity contribution >= 4 is 17.5 Å². The molecule has 0 aliphatic heterocycles. The van der Waals surface area contributed by atoms with E-state index in [2.05, 4.69) is 20.6 Å². The lowest BCUT2D eigenvalue weighted by molar-refractivity contribution is -0.141. The van der Waals surface area contributed by atoms with Crippen molar-refractivity contribution < 1.29 is 39.9 Å². The molecule has 0 atom stereocenters. The average molecular weight is 476 g/mol. The molecule has 3 aromatic rings. The maximum absolute atomic E-state index is 13.7. The molecule has 174 valence electrons. The molecule has 0 spiro atoms. The third-order valence-electron chi connectivity index (χ3n) is 4.20. The summed E-state index contributed by atoms with van der Waals surface area (Å²) in [6, 6.07) is 6.47. The smallest absolute Gasteiger partial charge is 0.348 e. The van der Waals surface area contributed by atoms with Gasteiger partial charge < -0.3 is 10.6 Å². The first-order valence-electron chi connectivity index (χ1n) is 8.95. The van der Waals surface area contributed by atoms with E-state index in [0.717, 1.165) is 18.2 Å². The van der Waals surface area contributed by atoms with Crippen LogP contribution < -0.4 is 10.6 Å². The normalized spacial score (nSPS) is 11.9. The quantitative estimate of drug-likeness (QED) is 0.480. The van der Waals surface area contributed by atoms with Gasteiger partial charge in [0.15, 0.2) is 5.69 Å². The number of carbonyl (C=O) groups excluding carboxylic acids is 1. The molecule has 2 N–H and O–H groups in total. The standard InChI is InChI=1S/C20H12F8N4O/c21-11-3-1-10(2-4-11)8-29-17(33)13-9-30-18(32-16(13)20(26,27)28)31-12-5-6-14(15(22)7-12)19(23,24)25/h1-7,9H,8H2,(H,29,33)(H,30,31,32). The summed E-state index contributed by atoms with van der Waals surface area (Å²) < 4.78 is 105. The van der Waals surface area contributed by atoms with Crippen LogP contribution >= 0.6 is 0 Å². The summed E-state index contributed by atoms with van der Waals surface area (Å²) in [5.41, 5.74) is -4.03. The molecule has 1 aromatic heterocycles. The summed E-state index contributed by atoms with van der Waals surface area (Å²) in [6.07, 6.45) is -9.47. The van der Waals surface area contributed by atoms with Crippen molar-refractivity contribution in [2.45, 2.75) is 18.9 Å². The molecule has 13 heteroatoms. The zero-order valence-corrected chi connectivity index (χ0v) is 16.2. The summed E-state index contributed by atoms with van der Waals surface area (Å²) in [7, 11) is 0. The first-order valence-corrected chi connectivity index (χ1v) is 8.95. The Balaban J connectivity index is 1.82. The van der Waals surface area contributed by atoms with Gasteiger partial charge in [0.1, 0.15) is 11.6 Å². The van der Waals surface area contributed by atoms with Gasteiger partial charge in [-0.25, -0.2) is 18.7 Å². The van der Waals surface area contributed by atoms with Gasteiger partial charge in [-0.1, -0.05) is 12.1 Å². The molecule has 1 heterocycles. The van der Waals surface area contributed by atoms with Gasteiger partial charge in [0.25, 0.3) is 5.91 Å². The van der Waals surface area contributed by atoms with E-state index in [1.807, 2.05) is 0 Å². The van der Waals surface area contributed by atoms with Gasteiger partial charge in [0, 0.05) is 18.4 Å². The summed E-state index contributed by atoms with van der Waals surface area (Å²) in [5, 5.41) is 4.39. The van der Waals surface area contributed by atoms with Crippen LogP contribution in [0.3, 0.4) is 0 Å². The van der Waals surface area contributed by atoms with Crippen LogP contribution in [0.2, 0.25) is 0 Å². The fourth-order valence-corrected chi connectivity index (χ4v) is 2.66. The van der Waals surface area contributed by atoms with Crippen LogP contribution in [0.5, 0.6) is 0 Å². The molecule has 0 aliphatic carbocycles. The second-order valence-corrected chi connectivity index (χ2v) is 6.58. The molecule has 0 saturated heterocycles. The summed E-state index contributed by atoms with van der Waals surface area (Å²) in [5.74, 6) is -4.08. The molecule has 5 nitrogen and oxygen atoms in total. The maximum Gasteiger partial charge on any atom is 0.434 e. The van der Waals surface area contributed by atoms with E-state index in [1.54, 1.807) is 0 Å². The minimum atomic E-state index is -5.09. The maximum atomic E-state index is 13.7. The predicted octanol–water partition coefficient (Wildman–Crippen LogP) is 5.47. The number of benzene rings is 2. The van der Waals surface area contributed by atoms with Gasteiger partial charge in [-0.15, -0.1) is 0 Å². The van der Waals surface area contributed by atoms with E-state index < -0.39 is 52.7 Å². The Morgan fingerprint density at radius 1 is 0.909 bits per heavy atom. The zero-order chi connectivity index (χ0) is 24.4. The van der Waals surface area contributed by atoms with Crippen molar-refractivity contribution in [3.63, 3.8) is 0 Å². The number of amides is 1. The van der Waals surface area contributed by atoms with E-state index in [-0.39, 0.29) is 12.2 Å². The van der Waals surface area contributed by atoms with E-state index in [9.17, 15) is 39.9 Å². The Labute approximate surface area is 180 Å². The molecule has 0 saturated carbocycles. The molecule has 0 bridgehead atoms. The van der Waals surface area contributed by atoms with Crippen molar-refractivity contribution in [3.8, 4) is 0 Å². The van der Waals surface area contributed by atoms with Crippen molar-refractivity contribution in [1.29, 1.82) is 0 Å². The van der Waals surface area contributed by atoms with Crippen LogP contribution in [0.25, 0.3) is 0 Å². The predicted molar refractivity (Wildman–Crippen MR) is 99.3 cm³/mol. The summed E-state index contributed by atoms with van der Waals surface area (Å²) >= 11 is 0. The monoisotopic (exact) mass is 476 g/mol. The third-order valence-corrected chi connectivity index (χ3v) is 4.20. The van der Waals surface area contributed by atoms with E-state index in [0.29, 0.717) is 23.9 Å². The van der Waals surface area contributed by atoms with Crippen LogP contribution in [0.1, 0.15) is 27.2 Å². The molecule has 1 amide bonds. The van der Waals surface area contributed by atoms with Crippen LogP contribution in [-0.4, -0.2) is 15.9 Å². The molecule has 0 radical (unpaired) electrons. The highest BCUT2D eigenvalue weighted by Crippen LogP contribution is 2.34. The summed E-state index contributed by atoms with van der Waals surface area (Å²) in [6.45, 7) is -0.207. The molecule has 3 rings (SSSR count). The third kappa shape index (κ3) is 5.93. The summed E-state index contributed by atoms with van der Waals surface area (Å²) in [4.78, 5) is 19.0. The van der Waals surface area contributed by atoms with Crippen molar-refractivity contribution in [3.05, 3.63) is 82.7 Å². The Morgan fingerprint density at radius 3 is 2.15 bits per heavy atom. The molecule has 33 heavy (non-hydrogen) atoms. The van der Waals surface area contributed by atoms with E-state index in [1.165, 1.54) is 12.1 Å². The largest absolute Gasteiger partial charge is 0.434 e. The highest BCUT2D eigenvalue weighted by Gasteiger charge is 2.38. The lowest BCUT2D eigenvalue weighted by Gasteiger charge is -2.14. The number of nitrogens with zero attached hydrogens (tertiary/aromatic N) is 2. The number of nitrogens with one attached hydrogen (secondary N) is 2. The van der Waals surface area contributed by atoms with Gasteiger partial charge in [-0.3, -0.25) is 4.79 Å². The van der Waals surface area contributed by atoms with Crippen molar-refractivity contribution in [2.75, 3.05) is 5.32 Å². The highest BCUT2D eigenvalue weighted by atomic mass is 19.4. The molecule has 0 fully saturated rings. The number of anilines is 2. The Morgan fingerprint density at radius 2 is 1.58 bits per heavy atom. The molecule has 0 unspecified atom stereocenters. The second kappa shape index (κ2) is 9.00. The Kier molecular flexibility index (Phi) is 6.51. The fourth-order valence-electron chi connectivity index (χ4n) is 2.66. The molecule has 2 aromatic carbocycles. The van der Waals surface area contributed by atoms with E-state index >= 15 is 0 Å². The number of aromatic nitrogens is 2. The van der Waals surface area contributed by atoms with Gasteiger partial charge in [0.05, 0.1) is 11.1 Å². The number of carbonyl (C=O) groups is 1. The van der Waals surface area contributed by atoms with Crippen molar-refractivity contribution in [2.24, 2.45) is 0 Å². The van der Waals surface area contributed by atoms with Gasteiger partial charge in [-0.05, 0) is 35.9 Å². The number of halogens is 8. The van der Waals surface area contributed by atoms with Crippen LogP contribution in [0, 0.1) is 11.6 Å². The van der Waals surface area contributed by atoms with Crippen LogP contribution in [0.15, 0.2) is 48.7 Å². The first-order chi connectivity index (χ1) is 15.3. The lowest BCUT2D eigenvalue weighted by Crippen LogP contribution is -2.27. The van der Waals surface area contributed by atoms with Crippen LogP contribution in [-0.2, 0) is 18.9 Å². The minimum Gasteiger partial charge on any atom is -0.348 e. The van der Waals surface area contributed by atoms with Gasteiger partial charge in [-0.2, -0.15) is 26.3 Å². The Hall–Kier alpha value is -3.77. The topological polar surface area (TPSA) is 66.9 Å². The fraction of sp³-hybridized carbons (Fsp3) is 0.150. The zero-order valence-electron chi connectivity index (χ0n) is 16.2. The van der Waals surface area contributed by atoms with Crippen molar-refractivity contribution in [1.82, 2.24) is 15.3 Å². The van der Waals surface area contributed by atoms with E-state index in [4.69, 9.17) is 0 Å². The number of hydrogen-bond donors (Lipinski definition) is 2. The number of hydrogen-bond acceptors (Lipinski definition) is 4. The van der Waals surface area contributed by atoms with Crippen LogP contribution in [0.4, 0.5) is 46.8 Å². The SMILES string of the molecule is O=C(NCc1ccc(F)cc1)c1cnc(Nc2ccc(C(F)(F)F)c(F)c2)nc1C(F)(F)F. The molecule has 0 aliphatic rings. The van der Waals surface area contributed by atoms with Gasteiger partial charge >= 0.3 is 12.4 Å². The lowest BCUT2D eigenvalue weighted by atomic mass is 10.2. The minimum absolute atomic E-state index is 0.207. The van der Waals surface area contributed by atoms with Gasteiger partial charge in [0.2, 0.25) is 5.95 Å². The number of alkyl halides is 6. The first kappa shape index (κ1) is 23.9. The molecular formula is C20H12F8N4O. The number of rotatable bonds is 5. The Bertz CT molecular complexity index is 1160.